The Hall–Kier alpha value is 0.940. The quantitative estimate of drug-likeness (QED) is 0.283. The second-order valence-electron chi connectivity index (χ2n) is 3.85. The highest BCUT2D eigenvalue weighted by Crippen LogP contribution is 2.48. The lowest BCUT2D eigenvalue weighted by Crippen LogP contribution is -1.95. The molecule has 2 rings (SSSR count). The van der Waals surface area contributed by atoms with Crippen molar-refractivity contribution in [3.63, 3.8) is 0 Å². The van der Waals surface area contributed by atoms with Gasteiger partial charge in [-0.3, -0.25) is 0 Å². The molecule has 2 heteroatoms. The molecule has 0 heterocycles. The van der Waals surface area contributed by atoms with Gasteiger partial charge in [0.05, 0.1) is 0 Å². The van der Waals surface area contributed by atoms with E-state index in [0.717, 1.165) is 11.8 Å². The Balaban J connectivity index is 1.92. The van der Waals surface area contributed by atoms with Crippen LogP contribution in [-0.4, -0.2) is 4.43 Å². The summed E-state index contributed by atoms with van der Waals surface area (Å²) in [6, 6.07) is 0. The zero-order valence-corrected chi connectivity index (χ0v) is 11.9. The minimum Gasteiger partial charge on any atom is -0.0864 e. The van der Waals surface area contributed by atoms with E-state index in [0.29, 0.717) is 0 Å². The Morgan fingerprint density at radius 1 is 1.23 bits per heavy atom. The molecule has 0 radical (unpaired) electrons. The van der Waals surface area contributed by atoms with Gasteiger partial charge in [-0.2, -0.15) is 0 Å². The van der Waals surface area contributed by atoms with Crippen LogP contribution in [0.3, 0.4) is 0 Å². The maximum atomic E-state index is 2.56. The van der Waals surface area contributed by atoms with Gasteiger partial charge in [0.1, 0.15) is 0 Å². The normalized spacial score (nSPS) is 30.6. The van der Waals surface area contributed by atoms with Crippen LogP contribution in [0.2, 0.25) is 0 Å². The van der Waals surface area contributed by atoms with E-state index in [2.05, 4.69) is 57.3 Å². The van der Waals surface area contributed by atoms with Gasteiger partial charge in [-0.25, -0.2) is 0 Å². The Bertz CT molecular complexity index is 253. The topological polar surface area (TPSA) is 0 Å². The van der Waals surface area contributed by atoms with E-state index in [1.807, 2.05) is 0 Å². The number of halogens is 2. The van der Waals surface area contributed by atoms with Gasteiger partial charge < -0.3 is 0 Å². The van der Waals surface area contributed by atoms with E-state index in [9.17, 15) is 0 Å². The monoisotopic (exact) mass is 400 g/mol. The van der Waals surface area contributed by atoms with E-state index in [-0.39, 0.29) is 0 Å². The lowest BCUT2D eigenvalue weighted by Gasteiger charge is -2.11. The van der Waals surface area contributed by atoms with Crippen LogP contribution in [0.15, 0.2) is 21.3 Å². The molecule has 0 aromatic rings. The summed E-state index contributed by atoms with van der Waals surface area (Å²) in [4.78, 5) is 0. The van der Waals surface area contributed by atoms with Crippen LogP contribution in [0.1, 0.15) is 25.7 Å². The van der Waals surface area contributed by atoms with Crippen LogP contribution in [0, 0.1) is 11.8 Å². The number of hydrogen-bond donors (Lipinski definition) is 0. The van der Waals surface area contributed by atoms with Gasteiger partial charge in [0.15, 0.2) is 0 Å². The van der Waals surface area contributed by atoms with Gasteiger partial charge in [0, 0.05) is 5.92 Å². The first-order chi connectivity index (χ1) is 6.33. The fourth-order valence-corrected chi connectivity index (χ4v) is 3.95. The van der Waals surface area contributed by atoms with E-state index in [1.165, 1.54) is 30.1 Å². The maximum absolute atomic E-state index is 2.56. The van der Waals surface area contributed by atoms with Gasteiger partial charge in [-0.15, -0.1) is 0 Å². The third kappa shape index (κ3) is 2.13. The first kappa shape index (κ1) is 10.5. The summed E-state index contributed by atoms with van der Waals surface area (Å²) < 4.78 is 2.98. The molecule has 0 amide bonds. The second kappa shape index (κ2) is 4.64. The molecule has 0 aliphatic heterocycles. The largest absolute Gasteiger partial charge is 0.0864 e. The molecular weight excluding hydrogens is 386 g/mol. The van der Waals surface area contributed by atoms with E-state index < -0.39 is 0 Å². The summed E-state index contributed by atoms with van der Waals surface area (Å²) in [6.45, 7) is 0. The summed E-state index contributed by atoms with van der Waals surface area (Å²) >= 11 is 5.04. The Morgan fingerprint density at radius 3 is 2.62 bits per heavy atom. The van der Waals surface area contributed by atoms with Gasteiger partial charge in [-0.1, -0.05) is 40.3 Å². The predicted octanol–water partition coefficient (Wildman–Crippen LogP) is 4.49. The summed E-state index contributed by atoms with van der Waals surface area (Å²) in [5.74, 6) is 1.63. The van der Waals surface area contributed by atoms with Crippen molar-refractivity contribution in [1.29, 1.82) is 0 Å². The van der Waals surface area contributed by atoms with Gasteiger partial charge in [-0.05, 0) is 62.2 Å². The molecule has 0 aromatic carbocycles. The Morgan fingerprint density at radius 2 is 2.00 bits per heavy atom. The number of allylic oxidation sites excluding steroid dienone is 4. The summed E-state index contributed by atoms with van der Waals surface area (Å²) in [6.07, 6.45) is 10.3. The zero-order valence-electron chi connectivity index (χ0n) is 7.60. The lowest BCUT2D eigenvalue weighted by molar-refractivity contribution is 0.675. The molecule has 0 N–H and O–H groups in total. The maximum Gasteiger partial charge on any atom is 0.00847 e. The minimum absolute atomic E-state index is 0.806. The summed E-state index contributed by atoms with van der Waals surface area (Å²) in [5, 5.41) is 0. The molecule has 0 aromatic heterocycles. The molecule has 0 spiro atoms. The molecule has 0 fully saturated rings. The van der Waals surface area contributed by atoms with Crippen LogP contribution in [0.4, 0.5) is 0 Å². The SMILES string of the molecule is ICCCCC1=C(I)[C@H]2C=C[C@@H]1C2. The van der Waals surface area contributed by atoms with Gasteiger partial charge in [0.2, 0.25) is 0 Å². The van der Waals surface area contributed by atoms with Crippen LogP contribution in [0.5, 0.6) is 0 Å². The fourth-order valence-electron chi connectivity index (χ4n) is 2.28. The Kier molecular flexibility index (Phi) is 3.73. The number of unbranched alkanes of at least 4 members (excludes halogenated alkanes) is 1. The zero-order chi connectivity index (χ0) is 9.26. The molecule has 0 saturated heterocycles. The minimum atomic E-state index is 0.806. The number of fused-ring (bicyclic) bond motifs is 2. The van der Waals surface area contributed by atoms with Crippen molar-refractivity contribution >= 4 is 45.2 Å². The van der Waals surface area contributed by atoms with Crippen molar-refractivity contribution in [2.45, 2.75) is 25.7 Å². The molecular formula is C11H14I2. The third-order valence-corrected chi connectivity index (χ3v) is 5.25. The molecule has 72 valence electrons. The predicted molar refractivity (Wildman–Crippen MR) is 74.5 cm³/mol. The van der Waals surface area contributed by atoms with Gasteiger partial charge in [0.25, 0.3) is 0 Å². The van der Waals surface area contributed by atoms with Gasteiger partial charge >= 0.3 is 0 Å². The lowest BCUT2D eigenvalue weighted by atomic mass is 9.98. The molecule has 2 aliphatic carbocycles. The van der Waals surface area contributed by atoms with Crippen molar-refractivity contribution in [3.05, 3.63) is 21.3 Å². The number of rotatable bonds is 4. The van der Waals surface area contributed by atoms with Crippen LogP contribution < -0.4 is 0 Å². The van der Waals surface area contributed by atoms with E-state index >= 15 is 0 Å². The highest BCUT2D eigenvalue weighted by molar-refractivity contribution is 14.1. The summed E-state index contributed by atoms with van der Waals surface area (Å²) in [7, 11) is 0. The third-order valence-electron chi connectivity index (χ3n) is 2.99. The fraction of sp³-hybridized carbons (Fsp3) is 0.636. The van der Waals surface area contributed by atoms with E-state index in [1.54, 1.807) is 9.15 Å². The van der Waals surface area contributed by atoms with Crippen LogP contribution in [-0.2, 0) is 0 Å². The highest BCUT2D eigenvalue weighted by atomic mass is 127. The standard InChI is InChI=1S/C11H14I2/c12-6-2-1-3-10-8-4-5-9(7-8)11(10)13/h4-5,8-9H,1-3,6-7H2/t8-,9+/m1/s1. The molecule has 2 aliphatic rings. The first-order valence-electron chi connectivity index (χ1n) is 4.95. The molecule has 0 nitrogen and oxygen atoms in total. The van der Waals surface area contributed by atoms with Crippen molar-refractivity contribution in [2.75, 3.05) is 4.43 Å². The average Bonchev–Trinajstić information content (AvgIpc) is 2.69. The molecule has 2 atom stereocenters. The number of alkyl halides is 1. The van der Waals surface area contributed by atoms with Crippen LogP contribution >= 0.6 is 45.2 Å². The number of hydrogen-bond acceptors (Lipinski definition) is 0. The second-order valence-corrected chi connectivity index (χ2v) is 6.09. The Labute approximate surface area is 108 Å². The van der Waals surface area contributed by atoms with Crippen molar-refractivity contribution in [1.82, 2.24) is 0 Å². The molecule has 0 unspecified atom stereocenters. The average molecular weight is 400 g/mol. The highest BCUT2D eigenvalue weighted by Gasteiger charge is 2.32. The summed E-state index contributed by atoms with van der Waals surface area (Å²) in [5.41, 5.74) is 1.76. The van der Waals surface area contributed by atoms with Crippen molar-refractivity contribution in [3.8, 4) is 0 Å². The smallest absolute Gasteiger partial charge is 0.00847 e. The molecule has 2 bridgehead atoms. The van der Waals surface area contributed by atoms with Crippen LogP contribution in [0.25, 0.3) is 0 Å². The first-order valence-corrected chi connectivity index (χ1v) is 7.56. The molecule has 0 saturated carbocycles. The van der Waals surface area contributed by atoms with Crippen molar-refractivity contribution < 1.29 is 0 Å². The van der Waals surface area contributed by atoms with E-state index in [4.69, 9.17) is 0 Å². The van der Waals surface area contributed by atoms with Crippen molar-refractivity contribution in [2.24, 2.45) is 11.8 Å². The molecule has 13 heavy (non-hydrogen) atoms.